The number of anilines is 1. The largest absolute Gasteiger partial charge is 0.315 e. The van der Waals surface area contributed by atoms with Crippen LogP contribution >= 0.6 is 0 Å². The molecule has 12 heavy (non-hydrogen) atoms. The lowest BCUT2D eigenvalue weighted by molar-refractivity contribution is -0.121. The average Bonchev–Trinajstić information content (AvgIpc) is 2.34. The van der Waals surface area contributed by atoms with Crippen molar-refractivity contribution < 1.29 is 4.79 Å². The van der Waals surface area contributed by atoms with Crippen LogP contribution in [0.3, 0.4) is 0 Å². The van der Waals surface area contributed by atoms with Crippen LogP contribution in [-0.4, -0.2) is 39.6 Å². The van der Waals surface area contributed by atoms with Gasteiger partial charge in [0.2, 0.25) is 5.91 Å². The fraction of sp³-hybridized carbons (Fsp3) is 0.600. The molecule has 1 aliphatic heterocycles. The van der Waals surface area contributed by atoms with Gasteiger partial charge in [-0.2, -0.15) is 5.21 Å². The highest BCUT2D eigenvalue weighted by atomic mass is 16.2. The Kier molecular flexibility index (Phi) is 1.71. The van der Waals surface area contributed by atoms with Crippen molar-refractivity contribution >= 4 is 11.9 Å². The lowest BCUT2D eigenvalue weighted by atomic mass is 10.0. The molecule has 0 bridgehead atoms. The lowest BCUT2D eigenvalue weighted by Crippen LogP contribution is -2.48. The van der Waals surface area contributed by atoms with Gasteiger partial charge < -0.3 is 5.32 Å². The van der Waals surface area contributed by atoms with E-state index in [0.717, 1.165) is 13.1 Å². The van der Waals surface area contributed by atoms with Crippen LogP contribution in [0.15, 0.2) is 0 Å². The lowest BCUT2D eigenvalue weighted by Gasteiger charge is -2.24. The van der Waals surface area contributed by atoms with Crippen LogP contribution in [0.4, 0.5) is 5.95 Å². The van der Waals surface area contributed by atoms with Crippen molar-refractivity contribution in [2.75, 3.05) is 18.4 Å². The highest BCUT2D eigenvalue weighted by Crippen LogP contribution is 2.05. The first-order chi connectivity index (χ1) is 5.86. The summed E-state index contributed by atoms with van der Waals surface area (Å²) in [6.45, 7) is 1.45. The van der Waals surface area contributed by atoms with E-state index in [-0.39, 0.29) is 17.8 Å². The van der Waals surface area contributed by atoms with Gasteiger partial charge in [-0.05, 0) is 5.21 Å². The molecule has 2 rings (SSSR count). The minimum atomic E-state index is -0.0600. The number of H-pyrrole nitrogens is 1. The van der Waals surface area contributed by atoms with Gasteiger partial charge in [-0.3, -0.25) is 10.1 Å². The van der Waals surface area contributed by atoms with Crippen LogP contribution in [0.2, 0.25) is 0 Å². The van der Waals surface area contributed by atoms with Crippen LogP contribution in [-0.2, 0) is 4.79 Å². The predicted molar refractivity (Wildman–Crippen MR) is 39.2 cm³/mol. The van der Waals surface area contributed by atoms with Crippen LogP contribution in [0.1, 0.15) is 0 Å². The third-order valence-corrected chi connectivity index (χ3v) is 1.73. The number of carbonyl (C=O) groups excluding carboxylic acids is 1. The van der Waals surface area contributed by atoms with E-state index in [4.69, 9.17) is 0 Å². The van der Waals surface area contributed by atoms with Gasteiger partial charge >= 0.3 is 0 Å². The van der Waals surface area contributed by atoms with E-state index in [9.17, 15) is 4.79 Å². The van der Waals surface area contributed by atoms with E-state index in [0.29, 0.717) is 0 Å². The van der Waals surface area contributed by atoms with Gasteiger partial charge in [0.25, 0.3) is 5.95 Å². The fourth-order valence-corrected chi connectivity index (χ4v) is 0.901. The number of amides is 1. The van der Waals surface area contributed by atoms with Crippen molar-refractivity contribution in [2.24, 2.45) is 5.92 Å². The molecule has 0 aliphatic carbocycles. The van der Waals surface area contributed by atoms with Gasteiger partial charge in [-0.15, -0.1) is 5.10 Å². The zero-order valence-electron chi connectivity index (χ0n) is 6.24. The van der Waals surface area contributed by atoms with Crippen LogP contribution < -0.4 is 10.6 Å². The van der Waals surface area contributed by atoms with E-state index < -0.39 is 0 Å². The maximum absolute atomic E-state index is 11.2. The molecule has 64 valence electrons. The Labute approximate surface area is 67.9 Å². The Morgan fingerprint density at radius 2 is 2.42 bits per heavy atom. The highest BCUT2D eigenvalue weighted by molar-refractivity contribution is 5.91. The first kappa shape index (κ1) is 7.17. The molecular formula is C5H8N6O. The van der Waals surface area contributed by atoms with Crippen molar-refractivity contribution in [3.8, 4) is 0 Å². The number of aromatic nitrogens is 4. The summed E-state index contributed by atoms with van der Waals surface area (Å²) in [6, 6.07) is 0. The van der Waals surface area contributed by atoms with Crippen LogP contribution in [0, 0.1) is 5.92 Å². The normalized spacial score (nSPS) is 17.0. The molecule has 1 saturated heterocycles. The molecule has 1 aromatic rings. The van der Waals surface area contributed by atoms with Gasteiger partial charge in [-0.1, -0.05) is 5.10 Å². The molecule has 0 radical (unpaired) electrons. The van der Waals surface area contributed by atoms with E-state index in [1.165, 1.54) is 0 Å². The molecule has 1 aliphatic rings. The number of hydrogen-bond acceptors (Lipinski definition) is 5. The van der Waals surface area contributed by atoms with Crippen molar-refractivity contribution in [3.05, 3.63) is 0 Å². The average molecular weight is 168 g/mol. The third kappa shape index (κ3) is 1.26. The fourth-order valence-electron chi connectivity index (χ4n) is 0.901. The van der Waals surface area contributed by atoms with Gasteiger partial charge in [0.1, 0.15) is 0 Å². The summed E-state index contributed by atoms with van der Waals surface area (Å²) in [4.78, 5) is 11.2. The molecule has 1 amide bonds. The number of nitrogens with zero attached hydrogens (tertiary/aromatic N) is 3. The number of aromatic amines is 1. The Balaban J connectivity index is 1.90. The van der Waals surface area contributed by atoms with Crippen molar-refractivity contribution in [1.29, 1.82) is 0 Å². The standard InChI is InChI=1S/C5H8N6O/c12-4(3-1-6-2-3)7-5-8-10-11-9-5/h3,6H,1-2H2,(H2,7,8,9,10,11,12). The molecule has 1 aromatic heterocycles. The molecule has 0 aromatic carbocycles. The summed E-state index contributed by atoms with van der Waals surface area (Å²) < 4.78 is 0. The predicted octanol–water partition coefficient (Wildman–Crippen LogP) is -1.64. The molecule has 3 N–H and O–H groups in total. The smallest absolute Gasteiger partial charge is 0.269 e. The summed E-state index contributed by atoms with van der Waals surface area (Å²) in [5.41, 5.74) is 0. The van der Waals surface area contributed by atoms with Gasteiger partial charge in [0, 0.05) is 13.1 Å². The summed E-state index contributed by atoms with van der Waals surface area (Å²) in [5, 5.41) is 18.3. The highest BCUT2D eigenvalue weighted by Gasteiger charge is 2.25. The van der Waals surface area contributed by atoms with Crippen LogP contribution in [0.25, 0.3) is 0 Å². The summed E-state index contributed by atoms with van der Waals surface area (Å²) in [6.07, 6.45) is 0. The minimum absolute atomic E-state index is 0.0449. The van der Waals surface area contributed by atoms with Gasteiger partial charge in [0.15, 0.2) is 0 Å². The molecular weight excluding hydrogens is 160 g/mol. The van der Waals surface area contributed by atoms with Gasteiger partial charge in [-0.25, -0.2) is 0 Å². The Bertz CT molecular complexity index is 265. The Morgan fingerprint density at radius 3 is 2.92 bits per heavy atom. The number of nitrogens with one attached hydrogen (secondary N) is 3. The van der Waals surface area contributed by atoms with E-state index in [2.05, 4.69) is 31.3 Å². The molecule has 7 heteroatoms. The number of hydrogen-bond donors (Lipinski definition) is 3. The summed E-state index contributed by atoms with van der Waals surface area (Å²) in [7, 11) is 0. The third-order valence-electron chi connectivity index (χ3n) is 1.73. The summed E-state index contributed by atoms with van der Waals surface area (Å²) in [5.74, 6) is 0.213. The second-order valence-corrected chi connectivity index (χ2v) is 2.58. The SMILES string of the molecule is O=C(Nc1nn[nH]n1)C1CNC1. The van der Waals surface area contributed by atoms with Crippen molar-refractivity contribution in [1.82, 2.24) is 25.9 Å². The maximum Gasteiger partial charge on any atom is 0.269 e. The first-order valence-corrected chi connectivity index (χ1v) is 3.61. The number of tetrazole rings is 1. The van der Waals surface area contributed by atoms with Crippen molar-refractivity contribution in [3.63, 3.8) is 0 Å². The monoisotopic (exact) mass is 168 g/mol. The topological polar surface area (TPSA) is 95.6 Å². The molecule has 0 unspecified atom stereocenters. The molecule has 1 fully saturated rings. The molecule has 0 atom stereocenters. The van der Waals surface area contributed by atoms with E-state index in [1.54, 1.807) is 0 Å². The zero-order chi connectivity index (χ0) is 8.39. The number of carbonyl (C=O) groups is 1. The quantitative estimate of drug-likeness (QED) is 0.492. The maximum atomic E-state index is 11.2. The second-order valence-electron chi connectivity index (χ2n) is 2.58. The first-order valence-electron chi connectivity index (χ1n) is 3.61. The Hall–Kier alpha value is -1.50. The van der Waals surface area contributed by atoms with E-state index in [1.807, 2.05) is 0 Å². The minimum Gasteiger partial charge on any atom is -0.315 e. The van der Waals surface area contributed by atoms with Gasteiger partial charge in [0.05, 0.1) is 5.92 Å². The van der Waals surface area contributed by atoms with Crippen LogP contribution in [0.5, 0.6) is 0 Å². The molecule has 2 heterocycles. The molecule has 0 saturated carbocycles. The Morgan fingerprint density at radius 1 is 1.58 bits per heavy atom. The van der Waals surface area contributed by atoms with E-state index >= 15 is 0 Å². The zero-order valence-corrected chi connectivity index (χ0v) is 6.24. The second kappa shape index (κ2) is 2.86. The number of rotatable bonds is 2. The molecule has 7 nitrogen and oxygen atoms in total. The summed E-state index contributed by atoms with van der Waals surface area (Å²) >= 11 is 0. The molecule has 0 spiro atoms. The van der Waals surface area contributed by atoms with Crippen molar-refractivity contribution in [2.45, 2.75) is 0 Å².